The lowest BCUT2D eigenvalue weighted by Crippen LogP contribution is -2.10. The molecule has 0 radical (unpaired) electrons. The van der Waals surface area contributed by atoms with Gasteiger partial charge < -0.3 is 10.5 Å². The molecule has 0 unspecified atom stereocenters. The highest BCUT2D eigenvalue weighted by molar-refractivity contribution is 4.95. The third-order valence-electron chi connectivity index (χ3n) is 2.46. The zero-order chi connectivity index (χ0) is 6.27. The van der Waals surface area contributed by atoms with Crippen molar-refractivity contribution in [1.29, 1.82) is 0 Å². The average Bonchev–Trinajstić information content (AvgIpc) is 2.44. The molecule has 1 heterocycles. The monoisotopic (exact) mass is 127 g/mol. The van der Waals surface area contributed by atoms with Crippen molar-refractivity contribution in [3.63, 3.8) is 0 Å². The molecule has 52 valence electrons. The van der Waals surface area contributed by atoms with Gasteiger partial charge in [-0.3, -0.25) is 0 Å². The molecule has 9 heavy (non-hydrogen) atoms. The Morgan fingerprint density at radius 3 is 2.67 bits per heavy atom. The summed E-state index contributed by atoms with van der Waals surface area (Å²) < 4.78 is 5.25. The SMILES string of the molecule is N[C@@H]1C[C@@H]1[C@H]1CCOC1. The summed E-state index contributed by atoms with van der Waals surface area (Å²) >= 11 is 0. The molecule has 1 saturated carbocycles. The fraction of sp³-hybridized carbons (Fsp3) is 1.00. The normalized spacial score (nSPS) is 49.7. The van der Waals surface area contributed by atoms with Crippen LogP contribution in [0.4, 0.5) is 0 Å². The van der Waals surface area contributed by atoms with Gasteiger partial charge in [0.1, 0.15) is 0 Å². The number of hydrogen-bond donors (Lipinski definition) is 1. The first-order chi connectivity index (χ1) is 4.38. The predicted octanol–water partition coefficient (Wildman–Crippen LogP) is 0.370. The van der Waals surface area contributed by atoms with Gasteiger partial charge in [0.05, 0.1) is 0 Å². The molecule has 2 N–H and O–H groups in total. The molecule has 1 saturated heterocycles. The van der Waals surface area contributed by atoms with Crippen molar-refractivity contribution in [3.05, 3.63) is 0 Å². The van der Waals surface area contributed by atoms with Gasteiger partial charge in [-0.1, -0.05) is 0 Å². The Kier molecular flexibility index (Phi) is 1.24. The van der Waals surface area contributed by atoms with Crippen LogP contribution in [0.2, 0.25) is 0 Å². The fourth-order valence-electron chi connectivity index (χ4n) is 1.67. The third kappa shape index (κ3) is 0.970. The molecule has 0 aromatic carbocycles. The minimum atomic E-state index is 0.511. The molecule has 2 rings (SSSR count). The summed E-state index contributed by atoms with van der Waals surface area (Å²) in [5.41, 5.74) is 5.69. The van der Waals surface area contributed by atoms with Crippen LogP contribution < -0.4 is 5.73 Å². The molecule has 2 aliphatic rings. The van der Waals surface area contributed by atoms with Crippen LogP contribution in [0.3, 0.4) is 0 Å². The van der Waals surface area contributed by atoms with E-state index in [0.717, 1.165) is 25.0 Å². The Morgan fingerprint density at radius 2 is 2.22 bits per heavy atom. The molecule has 2 nitrogen and oxygen atoms in total. The van der Waals surface area contributed by atoms with Crippen LogP contribution in [0.5, 0.6) is 0 Å². The fourth-order valence-corrected chi connectivity index (χ4v) is 1.67. The van der Waals surface area contributed by atoms with Gasteiger partial charge in [-0.2, -0.15) is 0 Å². The van der Waals surface area contributed by atoms with E-state index in [1.807, 2.05) is 0 Å². The van der Waals surface area contributed by atoms with Crippen LogP contribution >= 0.6 is 0 Å². The van der Waals surface area contributed by atoms with Crippen molar-refractivity contribution in [2.75, 3.05) is 13.2 Å². The van der Waals surface area contributed by atoms with Crippen molar-refractivity contribution in [2.45, 2.75) is 18.9 Å². The summed E-state index contributed by atoms with van der Waals surface area (Å²) in [4.78, 5) is 0. The molecule has 0 spiro atoms. The van der Waals surface area contributed by atoms with Crippen LogP contribution in [0.25, 0.3) is 0 Å². The standard InChI is InChI=1S/C7H13NO/c8-7-3-6(7)5-1-2-9-4-5/h5-7H,1-4,8H2/t5-,6+,7+/m0/s1. The molecular formula is C7H13NO. The molecule has 1 aliphatic heterocycles. The lowest BCUT2D eigenvalue weighted by atomic mass is 10.0. The topological polar surface area (TPSA) is 35.2 Å². The van der Waals surface area contributed by atoms with Gasteiger partial charge in [-0.05, 0) is 24.7 Å². The number of ether oxygens (including phenoxy) is 1. The van der Waals surface area contributed by atoms with E-state index in [-0.39, 0.29) is 0 Å². The Hall–Kier alpha value is -0.0800. The van der Waals surface area contributed by atoms with Gasteiger partial charge in [0.2, 0.25) is 0 Å². The lowest BCUT2D eigenvalue weighted by Gasteiger charge is -2.02. The van der Waals surface area contributed by atoms with Crippen molar-refractivity contribution in [1.82, 2.24) is 0 Å². The van der Waals surface area contributed by atoms with E-state index in [4.69, 9.17) is 10.5 Å². The first-order valence-corrected chi connectivity index (χ1v) is 3.71. The number of rotatable bonds is 1. The molecule has 0 bridgehead atoms. The third-order valence-corrected chi connectivity index (χ3v) is 2.46. The van der Waals surface area contributed by atoms with Gasteiger partial charge in [0, 0.05) is 19.3 Å². The largest absolute Gasteiger partial charge is 0.381 e. The molecule has 3 atom stereocenters. The Balaban J connectivity index is 1.85. The van der Waals surface area contributed by atoms with Gasteiger partial charge in [0.25, 0.3) is 0 Å². The summed E-state index contributed by atoms with van der Waals surface area (Å²) in [5.74, 6) is 1.62. The molecule has 1 aliphatic carbocycles. The quantitative estimate of drug-likeness (QED) is 0.552. The molecule has 0 aromatic rings. The van der Waals surface area contributed by atoms with E-state index in [9.17, 15) is 0 Å². The number of hydrogen-bond acceptors (Lipinski definition) is 2. The second kappa shape index (κ2) is 1.96. The Bertz CT molecular complexity index is 109. The van der Waals surface area contributed by atoms with Crippen LogP contribution in [0.15, 0.2) is 0 Å². The molecule has 0 aromatic heterocycles. The lowest BCUT2D eigenvalue weighted by molar-refractivity contribution is 0.181. The highest BCUT2D eigenvalue weighted by Gasteiger charge is 2.41. The van der Waals surface area contributed by atoms with E-state index < -0.39 is 0 Å². The highest BCUT2D eigenvalue weighted by Crippen LogP contribution is 2.39. The molecule has 2 fully saturated rings. The van der Waals surface area contributed by atoms with Gasteiger partial charge in [-0.15, -0.1) is 0 Å². The van der Waals surface area contributed by atoms with Gasteiger partial charge in [0.15, 0.2) is 0 Å². The maximum atomic E-state index is 5.69. The maximum Gasteiger partial charge on any atom is 0.0498 e. The van der Waals surface area contributed by atoms with Crippen LogP contribution in [0, 0.1) is 11.8 Å². The minimum Gasteiger partial charge on any atom is -0.381 e. The first kappa shape index (κ1) is 5.69. The first-order valence-electron chi connectivity index (χ1n) is 3.71. The van der Waals surface area contributed by atoms with Crippen molar-refractivity contribution in [3.8, 4) is 0 Å². The zero-order valence-electron chi connectivity index (χ0n) is 5.55. The number of nitrogens with two attached hydrogens (primary N) is 1. The summed E-state index contributed by atoms with van der Waals surface area (Å²) in [7, 11) is 0. The van der Waals surface area contributed by atoms with Crippen LogP contribution in [0.1, 0.15) is 12.8 Å². The zero-order valence-corrected chi connectivity index (χ0v) is 5.55. The van der Waals surface area contributed by atoms with Crippen LogP contribution in [-0.4, -0.2) is 19.3 Å². The molecular weight excluding hydrogens is 114 g/mol. The van der Waals surface area contributed by atoms with Gasteiger partial charge in [-0.25, -0.2) is 0 Å². The summed E-state index contributed by atoms with van der Waals surface area (Å²) in [6.45, 7) is 1.94. The second-order valence-electron chi connectivity index (χ2n) is 3.19. The maximum absolute atomic E-state index is 5.69. The average molecular weight is 127 g/mol. The van der Waals surface area contributed by atoms with E-state index in [1.54, 1.807) is 0 Å². The van der Waals surface area contributed by atoms with E-state index in [0.29, 0.717) is 6.04 Å². The van der Waals surface area contributed by atoms with Crippen molar-refractivity contribution < 1.29 is 4.74 Å². The summed E-state index contributed by atoms with van der Waals surface area (Å²) in [5, 5.41) is 0. The van der Waals surface area contributed by atoms with E-state index in [1.165, 1.54) is 12.8 Å². The smallest absolute Gasteiger partial charge is 0.0498 e. The molecule has 2 heteroatoms. The second-order valence-corrected chi connectivity index (χ2v) is 3.19. The molecule has 0 amide bonds. The predicted molar refractivity (Wildman–Crippen MR) is 35.0 cm³/mol. The van der Waals surface area contributed by atoms with Crippen molar-refractivity contribution >= 4 is 0 Å². The minimum absolute atomic E-state index is 0.511. The Morgan fingerprint density at radius 1 is 1.44 bits per heavy atom. The van der Waals surface area contributed by atoms with Gasteiger partial charge >= 0.3 is 0 Å². The summed E-state index contributed by atoms with van der Waals surface area (Å²) in [6.07, 6.45) is 2.49. The summed E-state index contributed by atoms with van der Waals surface area (Å²) in [6, 6.07) is 0.511. The van der Waals surface area contributed by atoms with E-state index in [2.05, 4.69) is 0 Å². The highest BCUT2D eigenvalue weighted by atomic mass is 16.5. The van der Waals surface area contributed by atoms with E-state index >= 15 is 0 Å². The Labute approximate surface area is 55.4 Å². The van der Waals surface area contributed by atoms with Crippen molar-refractivity contribution in [2.24, 2.45) is 17.6 Å². The van der Waals surface area contributed by atoms with Crippen LogP contribution in [-0.2, 0) is 4.74 Å².